The quantitative estimate of drug-likeness (QED) is 0.880. The van der Waals surface area contributed by atoms with E-state index in [2.05, 4.69) is 14.3 Å². The van der Waals surface area contributed by atoms with Crippen LogP contribution in [0, 0.1) is 6.92 Å². The zero-order valence-electron chi connectivity index (χ0n) is 12.3. The summed E-state index contributed by atoms with van der Waals surface area (Å²) in [4.78, 5) is 4.54. The molecule has 1 fully saturated rings. The first-order valence-electron chi connectivity index (χ1n) is 7.25. The molecule has 0 bridgehead atoms. The van der Waals surface area contributed by atoms with Gasteiger partial charge in [0.2, 0.25) is 10.0 Å². The molecule has 0 saturated heterocycles. The van der Waals surface area contributed by atoms with Crippen molar-refractivity contribution in [2.75, 3.05) is 6.54 Å². The minimum absolute atomic E-state index is 0.112. The highest BCUT2D eigenvalue weighted by molar-refractivity contribution is 7.89. The minimum Gasteiger partial charge on any atom is -0.331 e. The fourth-order valence-electron chi connectivity index (χ4n) is 2.47. The number of nitrogens with one attached hydrogen (secondary N) is 1. The molecule has 0 amide bonds. The van der Waals surface area contributed by atoms with Crippen LogP contribution in [0.5, 0.6) is 0 Å². The van der Waals surface area contributed by atoms with E-state index in [0.29, 0.717) is 19.0 Å². The van der Waals surface area contributed by atoms with E-state index >= 15 is 0 Å². The molecule has 0 atom stereocenters. The standard InChI is InChI=1S/C15H18ClN3O2S/c1-11-10-17-15(12-6-7-12)19(11)9-8-18-22(20,21)14-5-3-2-4-13(14)16/h2-5,10,12,18H,6-9H2,1H3. The number of aryl methyl sites for hydroxylation is 1. The maximum atomic E-state index is 12.3. The van der Waals surface area contributed by atoms with Crippen LogP contribution in [0.3, 0.4) is 0 Å². The van der Waals surface area contributed by atoms with Gasteiger partial charge in [0.15, 0.2) is 0 Å². The maximum absolute atomic E-state index is 12.3. The second-order valence-electron chi connectivity index (χ2n) is 5.51. The average molecular weight is 340 g/mol. The molecule has 1 aromatic carbocycles. The number of hydrogen-bond donors (Lipinski definition) is 1. The van der Waals surface area contributed by atoms with E-state index in [4.69, 9.17) is 11.6 Å². The van der Waals surface area contributed by atoms with Crippen molar-refractivity contribution in [3.63, 3.8) is 0 Å². The Morgan fingerprint density at radius 3 is 2.77 bits per heavy atom. The van der Waals surface area contributed by atoms with Crippen molar-refractivity contribution < 1.29 is 8.42 Å². The van der Waals surface area contributed by atoms with E-state index in [1.54, 1.807) is 18.2 Å². The Bertz CT molecular complexity index is 782. The SMILES string of the molecule is Cc1cnc(C2CC2)n1CCNS(=O)(=O)c1ccccc1Cl. The number of rotatable bonds is 6. The summed E-state index contributed by atoms with van der Waals surface area (Å²) in [5.41, 5.74) is 1.05. The molecular formula is C15H18ClN3O2S. The van der Waals surface area contributed by atoms with Crippen molar-refractivity contribution in [2.45, 2.75) is 37.1 Å². The van der Waals surface area contributed by atoms with Crippen LogP contribution >= 0.6 is 11.6 Å². The van der Waals surface area contributed by atoms with Crippen LogP contribution in [-0.4, -0.2) is 24.5 Å². The molecule has 0 spiro atoms. The van der Waals surface area contributed by atoms with Crippen LogP contribution in [0.15, 0.2) is 35.4 Å². The number of sulfonamides is 1. The van der Waals surface area contributed by atoms with E-state index < -0.39 is 10.0 Å². The van der Waals surface area contributed by atoms with Gasteiger partial charge in [-0.05, 0) is 31.9 Å². The molecule has 1 N–H and O–H groups in total. The Morgan fingerprint density at radius 1 is 1.36 bits per heavy atom. The van der Waals surface area contributed by atoms with Crippen LogP contribution in [0.4, 0.5) is 0 Å². The summed E-state index contributed by atoms with van der Waals surface area (Å²) >= 11 is 5.95. The second-order valence-corrected chi connectivity index (χ2v) is 7.65. The lowest BCUT2D eigenvalue weighted by atomic mass is 10.4. The second kappa shape index (κ2) is 6.02. The fourth-order valence-corrected chi connectivity index (χ4v) is 4.01. The largest absolute Gasteiger partial charge is 0.331 e. The Kier molecular flexibility index (Phi) is 4.25. The first-order chi connectivity index (χ1) is 10.5. The molecule has 22 heavy (non-hydrogen) atoms. The van der Waals surface area contributed by atoms with Gasteiger partial charge >= 0.3 is 0 Å². The van der Waals surface area contributed by atoms with Crippen molar-refractivity contribution in [3.05, 3.63) is 47.0 Å². The van der Waals surface area contributed by atoms with Crippen molar-refractivity contribution >= 4 is 21.6 Å². The van der Waals surface area contributed by atoms with Crippen LogP contribution in [0.1, 0.15) is 30.3 Å². The predicted molar refractivity (Wildman–Crippen MR) is 85.6 cm³/mol. The van der Waals surface area contributed by atoms with Gasteiger partial charge in [-0.15, -0.1) is 0 Å². The third kappa shape index (κ3) is 3.19. The Labute approximate surface area is 135 Å². The Hall–Kier alpha value is -1.37. The van der Waals surface area contributed by atoms with Gasteiger partial charge in [0.1, 0.15) is 10.7 Å². The molecule has 3 rings (SSSR count). The molecular weight excluding hydrogens is 322 g/mol. The van der Waals surface area contributed by atoms with Crippen LogP contribution in [-0.2, 0) is 16.6 Å². The van der Waals surface area contributed by atoms with Crippen LogP contribution in [0.2, 0.25) is 5.02 Å². The number of halogens is 1. The maximum Gasteiger partial charge on any atom is 0.242 e. The number of benzene rings is 1. The van der Waals surface area contributed by atoms with Crippen molar-refractivity contribution in [2.24, 2.45) is 0 Å². The van der Waals surface area contributed by atoms with Gasteiger partial charge in [-0.1, -0.05) is 23.7 Å². The van der Waals surface area contributed by atoms with Crippen LogP contribution < -0.4 is 4.72 Å². The van der Waals surface area contributed by atoms with Crippen LogP contribution in [0.25, 0.3) is 0 Å². The first-order valence-corrected chi connectivity index (χ1v) is 9.11. The fraction of sp³-hybridized carbons (Fsp3) is 0.400. The van der Waals surface area contributed by atoms with Gasteiger partial charge < -0.3 is 4.57 Å². The van der Waals surface area contributed by atoms with Gasteiger partial charge in [0.05, 0.1) is 5.02 Å². The smallest absolute Gasteiger partial charge is 0.242 e. The molecule has 7 heteroatoms. The normalized spacial score (nSPS) is 15.2. The molecule has 1 aliphatic carbocycles. The Morgan fingerprint density at radius 2 is 2.09 bits per heavy atom. The lowest BCUT2D eigenvalue weighted by molar-refractivity contribution is 0.566. The summed E-state index contributed by atoms with van der Waals surface area (Å²) in [7, 11) is -3.59. The van der Waals surface area contributed by atoms with E-state index in [0.717, 1.165) is 11.5 Å². The zero-order valence-corrected chi connectivity index (χ0v) is 13.9. The molecule has 0 unspecified atom stereocenters. The molecule has 1 aromatic heterocycles. The highest BCUT2D eigenvalue weighted by Crippen LogP contribution is 2.39. The van der Waals surface area contributed by atoms with E-state index in [9.17, 15) is 8.42 Å². The average Bonchev–Trinajstić information content (AvgIpc) is 3.25. The topological polar surface area (TPSA) is 64.0 Å². The number of nitrogens with zero attached hydrogens (tertiary/aromatic N) is 2. The zero-order chi connectivity index (χ0) is 15.7. The third-order valence-electron chi connectivity index (χ3n) is 3.78. The summed E-state index contributed by atoms with van der Waals surface area (Å²) in [6, 6.07) is 6.44. The van der Waals surface area contributed by atoms with Gasteiger partial charge in [-0.3, -0.25) is 0 Å². The summed E-state index contributed by atoms with van der Waals surface area (Å²) in [5.74, 6) is 1.60. The lowest BCUT2D eigenvalue weighted by Crippen LogP contribution is -2.28. The van der Waals surface area contributed by atoms with Crippen molar-refractivity contribution in [3.8, 4) is 0 Å². The molecule has 2 aromatic rings. The van der Waals surface area contributed by atoms with Gasteiger partial charge in [0.25, 0.3) is 0 Å². The van der Waals surface area contributed by atoms with E-state index in [-0.39, 0.29) is 9.92 Å². The molecule has 1 heterocycles. The molecule has 5 nitrogen and oxygen atoms in total. The molecule has 1 aliphatic rings. The van der Waals surface area contributed by atoms with E-state index in [1.807, 2.05) is 13.1 Å². The van der Waals surface area contributed by atoms with Gasteiger partial charge in [0, 0.05) is 30.9 Å². The number of hydrogen-bond acceptors (Lipinski definition) is 3. The third-order valence-corrected chi connectivity index (χ3v) is 5.74. The lowest BCUT2D eigenvalue weighted by Gasteiger charge is -2.12. The number of imidazole rings is 1. The predicted octanol–water partition coefficient (Wildman–Crippen LogP) is 2.70. The number of aromatic nitrogens is 2. The Balaban J connectivity index is 1.68. The van der Waals surface area contributed by atoms with Gasteiger partial charge in [-0.2, -0.15) is 0 Å². The molecule has 1 saturated carbocycles. The summed E-state index contributed by atoms with van der Waals surface area (Å²) in [6.07, 6.45) is 4.18. The first kappa shape index (κ1) is 15.5. The summed E-state index contributed by atoms with van der Waals surface area (Å²) in [5, 5.41) is 0.229. The molecule has 0 aliphatic heterocycles. The summed E-state index contributed by atoms with van der Waals surface area (Å²) < 4.78 is 29.3. The van der Waals surface area contributed by atoms with Crippen molar-refractivity contribution in [1.82, 2.24) is 14.3 Å². The molecule has 118 valence electrons. The van der Waals surface area contributed by atoms with Crippen molar-refractivity contribution in [1.29, 1.82) is 0 Å². The monoisotopic (exact) mass is 339 g/mol. The summed E-state index contributed by atoms with van der Waals surface area (Å²) in [6.45, 7) is 2.87. The molecule has 0 radical (unpaired) electrons. The van der Waals surface area contributed by atoms with E-state index in [1.165, 1.54) is 18.9 Å². The minimum atomic E-state index is -3.59. The highest BCUT2D eigenvalue weighted by atomic mass is 35.5. The van der Waals surface area contributed by atoms with Gasteiger partial charge in [-0.25, -0.2) is 18.1 Å². The highest BCUT2D eigenvalue weighted by Gasteiger charge is 2.28.